The second kappa shape index (κ2) is 8.18. The Morgan fingerprint density at radius 2 is 1.86 bits per heavy atom. The minimum Gasteiger partial charge on any atom is -0.481 e. The first-order chi connectivity index (χ1) is 13.7. The van der Waals surface area contributed by atoms with Crippen LogP contribution in [0.3, 0.4) is 0 Å². The fourth-order valence-electron chi connectivity index (χ4n) is 2.75. The molecule has 6 nitrogen and oxygen atoms in total. The van der Waals surface area contributed by atoms with Crippen molar-refractivity contribution in [2.75, 3.05) is 4.72 Å². The van der Waals surface area contributed by atoms with Gasteiger partial charge in [-0.25, -0.2) is 12.8 Å². The molecular weight excluding hydrogens is 419 g/mol. The molecule has 0 amide bonds. The van der Waals surface area contributed by atoms with Gasteiger partial charge in [0.25, 0.3) is 10.0 Å². The molecule has 0 fully saturated rings. The molecule has 9 heteroatoms. The highest BCUT2D eigenvalue weighted by molar-refractivity contribution is 7.92. The SMILES string of the molecule is Cc1cncc(S(=O)(=O)Nc2c(F)cc(Cl)cc2-c2ccc(CC(=O)O)cc2)c1. The van der Waals surface area contributed by atoms with Gasteiger partial charge in [-0.15, -0.1) is 0 Å². The molecule has 0 aliphatic rings. The molecule has 0 unspecified atom stereocenters. The number of hydrogen-bond donors (Lipinski definition) is 2. The highest BCUT2D eigenvalue weighted by Crippen LogP contribution is 2.35. The van der Waals surface area contributed by atoms with E-state index >= 15 is 0 Å². The number of anilines is 1. The maximum Gasteiger partial charge on any atom is 0.307 e. The molecule has 1 heterocycles. The van der Waals surface area contributed by atoms with Crippen molar-refractivity contribution < 1.29 is 22.7 Å². The number of carbonyl (C=O) groups is 1. The molecule has 150 valence electrons. The molecule has 0 saturated heterocycles. The summed E-state index contributed by atoms with van der Waals surface area (Å²) in [5.41, 5.74) is 1.62. The third-order valence-corrected chi connectivity index (χ3v) is 5.61. The van der Waals surface area contributed by atoms with E-state index < -0.39 is 21.8 Å². The van der Waals surface area contributed by atoms with Gasteiger partial charge in [-0.2, -0.15) is 0 Å². The zero-order valence-corrected chi connectivity index (χ0v) is 16.8. The number of aliphatic carboxylic acids is 1. The largest absolute Gasteiger partial charge is 0.481 e. The Bertz CT molecular complexity index is 1180. The average Bonchev–Trinajstić information content (AvgIpc) is 2.64. The van der Waals surface area contributed by atoms with Crippen molar-refractivity contribution >= 4 is 33.3 Å². The Morgan fingerprint density at radius 1 is 1.17 bits per heavy atom. The van der Waals surface area contributed by atoms with E-state index in [4.69, 9.17) is 16.7 Å². The average molecular weight is 435 g/mol. The molecule has 0 aliphatic carbocycles. The van der Waals surface area contributed by atoms with Crippen molar-refractivity contribution in [3.63, 3.8) is 0 Å². The third kappa shape index (κ3) is 4.90. The Labute approximate surface area is 172 Å². The predicted molar refractivity (Wildman–Crippen MR) is 108 cm³/mol. The summed E-state index contributed by atoms with van der Waals surface area (Å²) in [5.74, 6) is -1.82. The maximum atomic E-state index is 14.7. The fourth-order valence-corrected chi connectivity index (χ4v) is 4.09. The number of benzene rings is 2. The summed E-state index contributed by atoms with van der Waals surface area (Å²) in [6.07, 6.45) is 2.51. The summed E-state index contributed by atoms with van der Waals surface area (Å²) >= 11 is 5.98. The second-order valence-electron chi connectivity index (χ2n) is 6.38. The Morgan fingerprint density at radius 3 is 2.48 bits per heavy atom. The van der Waals surface area contributed by atoms with Crippen LogP contribution in [-0.4, -0.2) is 24.5 Å². The first-order valence-corrected chi connectivity index (χ1v) is 10.3. The van der Waals surface area contributed by atoms with Gasteiger partial charge >= 0.3 is 5.97 Å². The van der Waals surface area contributed by atoms with Crippen molar-refractivity contribution in [2.45, 2.75) is 18.2 Å². The van der Waals surface area contributed by atoms with Crippen molar-refractivity contribution in [1.82, 2.24) is 4.98 Å². The van der Waals surface area contributed by atoms with Crippen molar-refractivity contribution in [2.24, 2.45) is 0 Å². The van der Waals surface area contributed by atoms with E-state index in [0.29, 0.717) is 16.7 Å². The number of carboxylic acid groups (broad SMARTS) is 1. The van der Waals surface area contributed by atoms with E-state index in [-0.39, 0.29) is 27.6 Å². The van der Waals surface area contributed by atoms with Crippen LogP contribution in [0.25, 0.3) is 11.1 Å². The summed E-state index contributed by atoms with van der Waals surface area (Å²) in [4.78, 5) is 14.6. The minimum atomic E-state index is -4.10. The lowest BCUT2D eigenvalue weighted by molar-refractivity contribution is -0.136. The van der Waals surface area contributed by atoms with E-state index in [1.54, 1.807) is 31.2 Å². The first-order valence-electron chi connectivity index (χ1n) is 8.40. The van der Waals surface area contributed by atoms with Gasteiger partial charge in [0.15, 0.2) is 0 Å². The van der Waals surface area contributed by atoms with Gasteiger partial charge in [-0.05, 0) is 41.8 Å². The van der Waals surface area contributed by atoms with Crippen LogP contribution in [0.2, 0.25) is 5.02 Å². The van der Waals surface area contributed by atoms with E-state index in [1.165, 1.54) is 24.5 Å². The summed E-state index contributed by atoms with van der Waals surface area (Å²) in [6.45, 7) is 1.69. The second-order valence-corrected chi connectivity index (χ2v) is 8.50. The lowest BCUT2D eigenvalue weighted by Crippen LogP contribution is -2.15. The molecule has 0 aliphatic heterocycles. The van der Waals surface area contributed by atoms with Crippen LogP contribution in [-0.2, 0) is 21.2 Å². The van der Waals surface area contributed by atoms with E-state index in [1.807, 2.05) is 0 Å². The number of hydrogen-bond acceptors (Lipinski definition) is 4. The van der Waals surface area contributed by atoms with Gasteiger partial charge in [0.2, 0.25) is 0 Å². The summed E-state index contributed by atoms with van der Waals surface area (Å²) in [5, 5.41) is 8.97. The highest BCUT2D eigenvalue weighted by Gasteiger charge is 2.21. The maximum absolute atomic E-state index is 14.7. The molecule has 1 aromatic heterocycles. The number of rotatable bonds is 6. The van der Waals surface area contributed by atoms with Crippen molar-refractivity contribution in [1.29, 1.82) is 0 Å². The molecule has 0 atom stereocenters. The molecule has 3 aromatic rings. The Kier molecular flexibility index (Phi) is 5.86. The van der Waals surface area contributed by atoms with Gasteiger partial charge < -0.3 is 5.11 Å². The molecule has 29 heavy (non-hydrogen) atoms. The lowest BCUT2D eigenvalue weighted by Gasteiger charge is -2.15. The number of nitrogens with zero attached hydrogens (tertiary/aromatic N) is 1. The smallest absolute Gasteiger partial charge is 0.307 e. The number of nitrogens with one attached hydrogen (secondary N) is 1. The normalized spacial score (nSPS) is 11.3. The van der Waals surface area contributed by atoms with Gasteiger partial charge in [0.1, 0.15) is 10.7 Å². The molecule has 0 spiro atoms. The van der Waals surface area contributed by atoms with Gasteiger partial charge in [-0.3, -0.25) is 14.5 Å². The topological polar surface area (TPSA) is 96.4 Å². The number of carboxylic acids is 1. The van der Waals surface area contributed by atoms with E-state index in [9.17, 15) is 17.6 Å². The molecule has 3 rings (SSSR count). The van der Waals surface area contributed by atoms with Crippen LogP contribution >= 0.6 is 11.6 Å². The van der Waals surface area contributed by atoms with Crippen molar-refractivity contribution in [3.05, 3.63) is 76.8 Å². The summed E-state index contributed by atoms with van der Waals surface area (Å²) in [6, 6.07) is 10.2. The van der Waals surface area contributed by atoms with Crippen LogP contribution < -0.4 is 4.72 Å². The third-order valence-electron chi connectivity index (χ3n) is 4.07. The van der Waals surface area contributed by atoms with Crippen LogP contribution in [0.1, 0.15) is 11.1 Å². The number of sulfonamides is 1. The van der Waals surface area contributed by atoms with Crippen LogP contribution in [0.5, 0.6) is 0 Å². The standard InChI is InChI=1S/C20H16ClFN2O4S/c1-12-6-16(11-23-10-12)29(27,28)24-20-17(8-15(21)9-18(20)22)14-4-2-13(3-5-14)7-19(25)26/h2-6,8-11,24H,7H2,1H3,(H,25,26). The van der Waals surface area contributed by atoms with Crippen LogP contribution in [0.4, 0.5) is 10.1 Å². The summed E-state index contributed by atoms with van der Waals surface area (Å²) < 4.78 is 42.4. The monoisotopic (exact) mass is 434 g/mol. The number of pyridine rings is 1. The van der Waals surface area contributed by atoms with Gasteiger partial charge in [0.05, 0.1) is 12.1 Å². The number of aryl methyl sites for hydroxylation is 1. The minimum absolute atomic E-state index is 0.0901. The molecule has 2 aromatic carbocycles. The molecule has 0 saturated carbocycles. The zero-order valence-electron chi connectivity index (χ0n) is 15.2. The lowest BCUT2D eigenvalue weighted by atomic mass is 10.0. The quantitative estimate of drug-likeness (QED) is 0.603. The number of halogens is 2. The van der Waals surface area contributed by atoms with Gasteiger partial charge in [-0.1, -0.05) is 35.9 Å². The van der Waals surface area contributed by atoms with E-state index in [0.717, 1.165) is 6.07 Å². The van der Waals surface area contributed by atoms with Crippen LogP contribution in [0.15, 0.2) is 59.8 Å². The Hall–Kier alpha value is -2.97. The van der Waals surface area contributed by atoms with Gasteiger partial charge in [0, 0.05) is 23.0 Å². The van der Waals surface area contributed by atoms with E-state index in [2.05, 4.69) is 9.71 Å². The highest BCUT2D eigenvalue weighted by atomic mass is 35.5. The zero-order chi connectivity index (χ0) is 21.2. The van der Waals surface area contributed by atoms with Crippen LogP contribution in [0, 0.1) is 12.7 Å². The number of aromatic nitrogens is 1. The fraction of sp³-hybridized carbons (Fsp3) is 0.100. The molecule has 0 radical (unpaired) electrons. The molecular formula is C20H16ClFN2O4S. The summed E-state index contributed by atoms with van der Waals surface area (Å²) in [7, 11) is -4.10. The first kappa shape index (κ1) is 20.8. The molecule has 0 bridgehead atoms. The predicted octanol–water partition coefficient (Wildman–Crippen LogP) is 4.28. The van der Waals surface area contributed by atoms with Crippen molar-refractivity contribution in [3.8, 4) is 11.1 Å². The Balaban J connectivity index is 2.05. The molecule has 2 N–H and O–H groups in total.